The third-order valence-electron chi connectivity index (χ3n) is 6.01. The van der Waals surface area contributed by atoms with Crippen LogP contribution in [0.2, 0.25) is 5.02 Å². The van der Waals surface area contributed by atoms with Crippen LogP contribution in [0.4, 0.5) is 5.82 Å². The minimum Gasteiger partial charge on any atom is -0.496 e. The van der Waals surface area contributed by atoms with E-state index in [1.165, 1.54) is 6.33 Å². The van der Waals surface area contributed by atoms with Crippen LogP contribution in [0.5, 0.6) is 5.75 Å². The molecular weight excluding hydrogens is 484 g/mol. The maximum Gasteiger partial charge on any atom is 0.258 e. The first-order valence-electron chi connectivity index (χ1n) is 11.2. The van der Waals surface area contributed by atoms with Gasteiger partial charge in [0, 0.05) is 23.5 Å². The fourth-order valence-electron chi connectivity index (χ4n) is 4.19. The lowest BCUT2D eigenvalue weighted by molar-refractivity contribution is 0.0797. The number of nitrogens with zero attached hydrogens (tertiary/aromatic N) is 4. The van der Waals surface area contributed by atoms with Crippen LogP contribution in [0.25, 0.3) is 21.9 Å². The lowest BCUT2D eigenvalue weighted by atomic mass is 10.1. The van der Waals surface area contributed by atoms with E-state index < -0.39 is 0 Å². The molecule has 180 valence electrons. The van der Waals surface area contributed by atoms with E-state index in [1.807, 2.05) is 36.4 Å². The Morgan fingerprint density at radius 1 is 1.23 bits per heavy atom. The number of methoxy groups -OCH3 is 1. The number of hydrogen-bond donors (Lipinski definition) is 2. The molecule has 0 spiro atoms. The average molecular weight is 509 g/mol. The van der Waals surface area contributed by atoms with Crippen molar-refractivity contribution in [3.05, 3.63) is 65.2 Å². The number of nitrogens with one attached hydrogen (secondary N) is 2. The highest BCUT2D eigenvalue weighted by atomic mass is 35.5. The molecule has 1 atom stereocenters. The van der Waals surface area contributed by atoms with E-state index in [2.05, 4.69) is 26.5 Å². The largest absolute Gasteiger partial charge is 0.496 e. The predicted octanol–water partition coefficient (Wildman–Crippen LogP) is 5.09. The Hall–Kier alpha value is -3.30. The third-order valence-corrected chi connectivity index (χ3v) is 6.89. The van der Waals surface area contributed by atoms with Crippen molar-refractivity contribution in [2.24, 2.45) is 0 Å². The van der Waals surface area contributed by atoms with Crippen molar-refractivity contribution in [2.75, 3.05) is 37.5 Å². The van der Waals surface area contributed by atoms with E-state index in [0.29, 0.717) is 40.8 Å². The number of hydrogen-bond acceptors (Lipinski definition) is 7. The quantitative estimate of drug-likeness (QED) is 0.320. The lowest BCUT2D eigenvalue weighted by Gasteiger charge is -2.20. The summed E-state index contributed by atoms with van der Waals surface area (Å²) in [6.45, 7) is 1.19. The molecule has 0 saturated heterocycles. The normalized spacial score (nSPS) is 14.1. The fourth-order valence-corrected chi connectivity index (χ4v) is 4.84. The molecule has 5 rings (SSSR count). The number of carbonyl (C=O) groups excluding carboxylic acids is 1. The van der Waals surface area contributed by atoms with E-state index in [-0.39, 0.29) is 11.9 Å². The number of rotatable bonds is 8. The van der Waals surface area contributed by atoms with Gasteiger partial charge in [-0.15, -0.1) is 0 Å². The number of aromatic amines is 1. The van der Waals surface area contributed by atoms with Gasteiger partial charge in [-0.05, 0) is 48.8 Å². The SMILES string of the molecule is COc1cc2c(NC(CCSC)c3nc4ccc(Cl)cc4[nH]3)ncnc2cc1C(=O)N1CC=CC1. The van der Waals surface area contributed by atoms with Crippen molar-refractivity contribution in [2.45, 2.75) is 12.5 Å². The number of carbonyl (C=O) groups is 1. The second kappa shape index (κ2) is 10.1. The summed E-state index contributed by atoms with van der Waals surface area (Å²) in [6, 6.07) is 9.11. The summed E-state index contributed by atoms with van der Waals surface area (Å²) in [4.78, 5) is 32.0. The smallest absolute Gasteiger partial charge is 0.258 e. The van der Waals surface area contributed by atoms with Crippen LogP contribution in [-0.2, 0) is 0 Å². The molecule has 1 unspecified atom stereocenters. The Morgan fingerprint density at radius 3 is 2.83 bits per heavy atom. The number of ether oxygens (including phenoxy) is 1. The van der Waals surface area contributed by atoms with E-state index in [4.69, 9.17) is 21.3 Å². The lowest BCUT2D eigenvalue weighted by Crippen LogP contribution is -2.28. The minimum atomic E-state index is -0.116. The van der Waals surface area contributed by atoms with Gasteiger partial charge < -0.3 is 19.9 Å². The molecule has 35 heavy (non-hydrogen) atoms. The number of benzene rings is 2. The molecular formula is C25H25ClN6O2S. The number of thioether (sulfide) groups is 1. The minimum absolute atomic E-state index is 0.0827. The molecule has 0 fully saturated rings. The summed E-state index contributed by atoms with van der Waals surface area (Å²) in [5.74, 6) is 2.81. The summed E-state index contributed by atoms with van der Waals surface area (Å²) >= 11 is 7.93. The van der Waals surface area contributed by atoms with Crippen LogP contribution in [0.15, 0.2) is 48.8 Å². The van der Waals surface area contributed by atoms with Crippen LogP contribution in [0, 0.1) is 0 Å². The third kappa shape index (κ3) is 4.78. The van der Waals surface area contributed by atoms with Gasteiger partial charge in [-0.1, -0.05) is 23.8 Å². The van der Waals surface area contributed by atoms with Crippen LogP contribution < -0.4 is 10.1 Å². The molecule has 1 amide bonds. The zero-order valence-corrected chi connectivity index (χ0v) is 21.0. The van der Waals surface area contributed by atoms with Gasteiger partial charge in [0.25, 0.3) is 5.91 Å². The predicted molar refractivity (Wildman–Crippen MR) is 142 cm³/mol. The Morgan fingerprint density at radius 2 is 2.06 bits per heavy atom. The van der Waals surface area contributed by atoms with Crippen LogP contribution >= 0.6 is 23.4 Å². The summed E-state index contributed by atoms with van der Waals surface area (Å²) in [7, 11) is 1.57. The molecule has 1 aliphatic rings. The molecule has 0 bridgehead atoms. The first-order chi connectivity index (χ1) is 17.1. The molecule has 0 radical (unpaired) electrons. The summed E-state index contributed by atoms with van der Waals surface area (Å²) in [5.41, 5.74) is 2.90. The van der Waals surface area contributed by atoms with Gasteiger partial charge in [0.1, 0.15) is 23.7 Å². The molecule has 2 aromatic carbocycles. The summed E-state index contributed by atoms with van der Waals surface area (Å²) in [5, 5.41) is 4.98. The highest BCUT2D eigenvalue weighted by Gasteiger charge is 2.23. The van der Waals surface area contributed by atoms with E-state index >= 15 is 0 Å². The number of halogens is 1. The first kappa shape index (κ1) is 23.4. The average Bonchev–Trinajstić information content (AvgIpc) is 3.55. The standard InChI is InChI=1S/C25H25ClN6O2S/c1-34-22-13-16-20(12-17(22)25(33)32-8-3-4-9-32)27-14-28-23(16)30-19(7-10-35-2)24-29-18-6-5-15(26)11-21(18)31-24/h3-6,11-14,19H,7-10H2,1-2H3,(H,29,31)(H,27,28,30). The van der Waals surface area contributed by atoms with Crippen molar-refractivity contribution in [1.82, 2.24) is 24.8 Å². The van der Waals surface area contributed by atoms with Gasteiger partial charge in [0.15, 0.2) is 0 Å². The van der Waals surface area contributed by atoms with Gasteiger partial charge in [0.2, 0.25) is 0 Å². The Balaban J connectivity index is 1.51. The monoisotopic (exact) mass is 508 g/mol. The van der Waals surface area contributed by atoms with Gasteiger partial charge in [-0.25, -0.2) is 15.0 Å². The number of fused-ring (bicyclic) bond motifs is 2. The van der Waals surface area contributed by atoms with Crippen molar-refractivity contribution >= 4 is 57.0 Å². The maximum absolute atomic E-state index is 13.1. The van der Waals surface area contributed by atoms with Gasteiger partial charge in [-0.3, -0.25) is 4.79 Å². The van der Waals surface area contributed by atoms with E-state index in [1.54, 1.807) is 29.8 Å². The van der Waals surface area contributed by atoms with Gasteiger partial charge in [0.05, 0.1) is 35.3 Å². The zero-order valence-electron chi connectivity index (χ0n) is 19.4. The molecule has 2 aromatic heterocycles. The summed E-state index contributed by atoms with van der Waals surface area (Å²) < 4.78 is 5.61. The second-order valence-electron chi connectivity index (χ2n) is 8.24. The maximum atomic E-state index is 13.1. The van der Waals surface area contributed by atoms with Crippen molar-refractivity contribution < 1.29 is 9.53 Å². The molecule has 2 N–H and O–H groups in total. The number of amides is 1. The van der Waals surface area contributed by atoms with Crippen LogP contribution in [0.3, 0.4) is 0 Å². The van der Waals surface area contributed by atoms with Crippen molar-refractivity contribution in [3.8, 4) is 5.75 Å². The molecule has 3 heterocycles. The Bertz CT molecular complexity index is 1410. The Kier molecular flexibility index (Phi) is 6.79. The van der Waals surface area contributed by atoms with E-state index in [9.17, 15) is 4.79 Å². The second-order valence-corrected chi connectivity index (χ2v) is 9.66. The number of aromatic nitrogens is 4. The molecule has 0 aliphatic carbocycles. The number of anilines is 1. The highest BCUT2D eigenvalue weighted by molar-refractivity contribution is 7.98. The number of H-pyrrole nitrogens is 1. The van der Waals surface area contributed by atoms with Crippen molar-refractivity contribution in [1.29, 1.82) is 0 Å². The molecule has 8 nitrogen and oxygen atoms in total. The molecule has 4 aromatic rings. The van der Waals surface area contributed by atoms with Gasteiger partial charge >= 0.3 is 0 Å². The highest BCUT2D eigenvalue weighted by Crippen LogP contribution is 2.32. The molecule has 1 aliphatic heterocycles. The van der Waals surface area contributed by atoms with Crippen LogP contribution in [-0.4, -0.2) is 63.0 Å². The Labute approximate surface area is 212 Å². The van der Waals surface area contributed by atoms with Gasteiger partial charge in [-0.2, -0.15) is 11.8 Å². The molecule has 10 heteroatoms. The zero-order chi connectivity index (χ0) is 24.4. The summed E-state index contributed by atoms with van der Waals surface area (Å²) in [6.07, 6.45) is 8.38. The fraction of sp³-hybridized carbons (Fsp3) is 0.280. The number of imidazole rings is 1. The topological polar surface area (TPSA) is 96.0 Å². The first-order valence-corrected chi connectivity index (χ1v) is 13.0. The molecule has 0 saturated carbocycles. The van der Waals surface area contributed by atoms with Crippen LogP contribution in [0.1, 0.15) is 28.6 Å². The van der Waals surface area contributed by atoms with Crippen molar-refractivity contribution in [3.63, 3.8) is 0 Å². The van der Waals surface area contributed by atoms with E-state index in [0.717, 1.165) is 34.4 Å².